The van der Waals surface area contributed by atoms with Crippen LogP contribution in [0.2, 0.25) is 0 Å². The zero-order chi connectivity index (χ0) is 66.6. The van der Waals surface area contributed by atoms with Crippen molar-refractivity contribution in [3.05, 3.63) is 119 Å². The molecule has 10 rings (SSSR count). The Balaban J connectivity index is 0.000000214. The molecule has 4 aromatic heterocycles. The number of piperidine rings is 2. The number of halogens is 1. The Kier molecular flexibility index (Phi) is 27.3. The number of carbonyl (C=O) groups excluding carboxylic acids is 4. The van der Waals surface area contributed by atoms with Gasteiger partial charge in [0, 0.05) is 115 Å². The second-order valence-electron chi connectivity index (χ2n) is 26.8. The number of amides is 2. The van der Waals surface area contributed by atoms with Gasteiger partial charge in [-0.15, -0.1) is 0 Å². The highest BCUT2D eigenvalue weighted by molar-refractivity contribution is 9.09. The minimum Gasteiger partial charge on any atom is -0.460 e. The SMILES string of the molecule is CC(C)c1cnn2c(NCc3cccc(CC(=O)C4CCC(CC/C=C/C(=O)N(C)C)CC4)c3)nc(OC3CCN(C)CC3)nc12.CC(C)c1cnn2c(NCc3cccc(CC(=O)C4CCC(N)CC4)c3)nc(OC3CCN(C)CC3)nc12.CN(C)C(=O)/C=C/CBr. The Morgan fingerprint density at radius 1 is 0.591 bits per heavy atom. The number of fused-ring (bicyclic) bond motifs is 2. The molecular formula is C71H102BrN15O6. The van der Waals surface area contributed by atoms with Gasteiger partial charge >= 0.3 is 12.0 Å². The van der Waals surface area contributed by atoms with Gasteiger partial charge in [0.1, 0.15) is 23.8 Å². The Hall–Kier alpha value is -7.14. The van der Waals surface area contributed by atoms with E-state index in [1.807, 2.05) is 42.7 Å². The number of benzene rings is 2. The number of aromatic nitrogens is 8. The number of ketones is 2. The molecule has 93 heavy (non-hydrogen) atoms. The number of likely N-dealkylation sites (tertiary alicyclic amines) is 2. The number of carbonyl (C=O) groups is 4. The molecule has 2 aliphatic heterocycles. The van der Waals surface area contributed by atoms with Gasteiger partial charge in [-0.25, -0.2) is 0 Å². The van der Waals surface area contributed by atoms with Gasteiger partial charge in [0.25, 0.3) is 0 Å². The lowest BCUT2D eigenvalue weighted by atomic mass is 9.77. The summed E-state index contributed by atoms with van der Waals surface area (Å²) in [5.74, 6) is 3.37. The second-order valence-corrected chi connectivity index (χ2v) is 27.5. The fourth-order valence-electron chi connectivity index (χ4n) is 12.3. The maximum Gasteiger partial charge on any atom is 0.322 e. The van der Waals surface area contributed by atoms with Crippen molar-refractivity contribution in [3.8, 4) is 12.0 Å². The summed E-state index contributed by atoms with van der Waals surface area (Å²) in [6, 6.07) is 17.5. The monoisotopic (exact) mass is 1340 g/mol. The molecule has 0 unspecified atom stereocenters. The van der Waals surface area contributed by atoms with Gasteiger partial charge in [0.05, 0.1) is 12.4 Å². The first-order valence-corrected chi connectivity index (χ1v) is 34.8. The van der Waals surface area contributed by atoms with E-state index in [0.29, 0.717) is 67.3 Å². The summed E-state index contributed by atoms with van der Waals surface area (Å²) in [5.41, 5.74) is 13.9. The van der Waals surface area contributed by atoms with Crippen molar-refractivity contribution in [2.75, 3.05) is 84.4 Å². The molecule has 0 atom stereocenters. The molecule has 2 amide bonds. The molecule has 4 N–H and O–H groups in total. The average molecular weight is 1340 g/mol. The minimum atomic E-state index is 0.0226. The second kappa shape index (κ2) is 35.4. The molecule has 2 aliphatic carbocycles. The number of hydrogen-bond donors (Lipinski definition) is 3. The highest BCUT2D eigenvalue weighted by Crippen LogP contribution is 2.34. The first-order valence-electron chi connectivity index (χ1n) is 33.7. The predicted molar refractivity (Wildman–Crippen MR) is 371 cm³/mol. The summed E-state index contributed by atoms with van der Waals surface area (Å²) in [7, 11) is 11.3. The van der Waals surface area contributed by atoms with Crippen molar-refractivity contribution < 1.29 is 28.7 Å². The summed E-state index contributed by atoms with van der Waals surface area (Å²) in [5, 5.41) is 16.8. The maximum absolute atomic E-state index is 13.3. The smallest absolute Gasteiger partial charge is 0.322 e. The van der Waals surface area contributed by atoms with Gasteiger partial charge in [-0.2, -0.15) is 39.2 Å². The van der Waals surface area contributed by atoms with Crippen LogP contribution >= 0.6 is 15.9 Å². The first kappa shape index (κ1) is 71.7. The molecule has 4 aliphatic rings. The van der Waals surface area contributed by atoms with E-state index in [2.05, 4.69) is 113 Å². The first-order chi connectivity index (χ1) is 44.7. The topological polar surface area (TPSA) is 236 Å². The number of hydrogen-bond acceptors (Lipinski definition) is 17. The number of nitrogens with two attached hydrogens (primary N) is 1. The van der Waals surface area contributed by atoms with Crippen LogP contribution in [0.15, 0.2) is 85.2 Å². The van der Waals surface area contributed by atoms with Crippen molar-refractivity contribution in [1.82, 2.24) is 58.8 Å². The van der Waals surface area contributed by atoms with Gasteiger partial charge < -0.3 is 45.4 Å². The molecule has 4 fully saturated rings. The number of nitrogens with one attached hydrogen (secondary N) is 2. The van der Waals surface area contributed by atoms with E-state index >= 15 is 0 Å². The number of likely N-dealkylation sites (N-methyl/N-ethyl adjacent to an activating group) is 2. The van der Waals surface area contributed by atoms with E-state index in [0.717, 1.165) is 166 Å². The summed E-state index contributed by atoms with van der Waals surface area (Å²) in [4.78, 5) is 75.3. The van der Waals surface area contributed by atoms with Crippen LogP contribution in [-0.4, -0.2) is 174 Å². The number of Topliss-reactive ketones (excluding diaryl/α,β-unsaturated/α-hetero) is 2. The molecule has 0 spiro atoms. The maximum atomic E-state index is 13.3. The van der Waals surface area contributed by atoms with Gasteiger partial charge in [-0.1, -0.05) is 104 Å². The van der Waals surface area contributed by atoms with Crippen molar-refractivity contribution in [2.24, 2.45) is 23.5 Å². The number of allylic oxidation sites excluding steroid dienone is 2. The fraction of sp³-hybridized carbons (Fsp3) is 0.577. The zero-order valence-electron chi connectivity index (χ0n) is 56.7. The summed E-state index contributed by atoms with van der Waals surface area (Å²) in [6.45, 7) is 13.7. The molecule has 6 aromatic rings. The highest BCUT2D eigenvalue weighted by atomic mass is 79.9. The van der Waals surface area contributed by atoms with Crippen LogP contribution in [-0.2, 0) is 45.1 Å². The van der Waals surface area contributed by atoms with Crippen LogP contribution in [0.4, 0.5) is 11.9 Å². The summed E-state index contributed by atoms with van der Waals surface area (Å²) < 4.78 is 16.1. The molecule has 0 radical (unpaired) electrons. The number of anilines is 2. The van der Waals surface area contributed by atoms with E-state index in [1.165, 1.54) is 11.0 Å². The lowest BCUT2D eigenvalue weighted by Gasteiger charge is -2.28. The third-order valence-corrected chi connectivity index (χ3v) is 18.6. The van der Waals surface area contributed by atoms with E-state index in [4.69, 9.17) is 35.1 Å². The number of nitrogens with zero attached hydrogens (tertiary/aromatic N) is 12. The lowest BCUT2D eigenvalue weighted by Crippen LogP contribution is -2.36. The summed E-state index contributed by atoms with van der Waals surface area (Å²) >= 11 is 3.17. The van der Waals surface area contributed by atoms with Gasteiger partial charge in [0.2, 0.25) is 23.7 Å². The average Bonchev–Trinajstić information content (AvgIpc) is 1.69. The standard InChI is InChI=1S/C36H51N7O3.C29H41N7O2.C6H10BrNO/c1-25(2)31-24-38-43-34(31)39-36(46-30-17-19-42(5)20-18-30)40-35(43)37-23-28-11-8-10-27(21-28)22-32(44)29-15-13-26(14-16-29)9-6-7-12-33(45)41(3)4;1-19(2)25-18-32-36-27(25)33-29(38-24-11-13-35(3)14-12-24)34-28(36)31-17-21-6-4-5-20(15-21)16-26(37)22-7-9-23(30)10-8-22;1-8(2)6(9)4-3-5-7/h7-8,10-12,21,24-26,29-30H,6,9,13-20,22-23H2,1-5H3,(H,37,39,40);4-6,15,18-19,22-24H,7-14,16-17,30H2,1-3H3,(H,31,33,34);3-4H,5H2,1-2H3/b12-7+;;4-3+. The van der Waals surface area contributed by atoms with Crippen LogP contribution < -0.4 is 25.8 Å². The Bertz CT molecular complexity index is 3440. The van der Waals surface area contributed by atoms with Crippen LogP contribution in [0.25, 0.3) is 11.3 Å². The molecule has 22 heteroatoms. The summed E-state index contributed by atoms with van der Waals surface area (Å²) in [6.07, 6.45) is 25.4. The van der Waals surface area contributed by atoms with Crippen molar-refractivity contribution >= 4 is 62.5 Å². The normalized spacial score (nSPS) is 19.3. The Labute approximate surface area is 559 Å². The molecule has 6 heterocycles. The van der Waals surface area contributed by atoms with E-state index < -0.39 is 0 Å². The third-order valence-electron chi connectivity index (χ3n) is 18.3. The van der Waals surface area contributed by atoms with Crippen molar-refractivity contribution in [2.45, 2.75) is 174 Å². The highest BCUT2D eigenvalue weighted by Gasteiger charge is 2.28. The predicted octanol–water partition coefficient (Wildman–Crippen LogP) is 10.7. The molecular weight excluding hydrogens is 1240 g/mol. The van der Waals surface area contributed by atoms with Crippen molar-refractivity contribution in [1.29, 1.82) is 0 Å². The van der Waals surface area contributed by atoms with E-state index in [1.54, 1.807) is 54.3 Å². The van der Waals surface area contributed by atoms with Gasteiger partial charge in [-0.05, 0) is 156 Å². The fourth-order valence-corrected chi connectivity index (χ4v) is 12.5. The van der Waals surface area contributed by atoms with Crippen LogP contribution in [0.5, 0.6) is 12.0 Å². The molecule has 0 bridgehead atoms. The number of rotatable bonds is 24. The quantitative estimate of drug-likeness (QED) is 0.0377. The lowest BCUT2D eigenvalue weighted by molar-refractivity contribution is -0.124. The molecule has 2 saturated carbocycles. The number of alkyl halides is 1. The molecule has 2 saturated heterocycles. The van der Waals surface area contributed by atoms with Gasteiger partial charge in [-0.3, -0.25) is 19.2 Å². The Morgan fingerprint density at radius 3 is 1.41 bits per heavy atom. The Morgan fingerprint density at radius 2 is 1.00 bits per heavy atom. The molecule has 21 nitrogen and oxygen atoms in total. The van der Waals surface area contributed by atoms with Crippen LogP contribution in [0.1, 0.15) is 163 Å². The van der Waals surface area contributed by atoms with Crippen molar-refractivity contribution in [3.63, 3.8) is 0 Å². The minimum absolute atomic E-state index is 0.0226. The van der Waals surface area contributed by atoms with E-state index in [9.17, 15) is 19.2 Å². The van der Waals surface area contributed by atoms with E-state index in [-0.39, 0.29) is 53.7 Å². The third kappa shape index (κ3) is 21.7. The molecule has 2 aromatic carbocycles. The number of ether oxygens (including phenoxy) is 2. The zero-order valence-corrected chi connectivity index (χ0v) is 58.3. The van der Waals surface area contributed by atoms with Gasteiger partial charge in [0.15, 0.2) is 11.3 Å². The largest absolute Gasteiger partial charge is 0.460 e. The van der Waals surface area contributed by atoms with Crippen LogP contribution in [0, 0.1) is 17.8 Å². The molecule has 504 valence electrons. The van der Waals surface area contributed by atoms with Crippen LogP contribution in [0.3, 0.4) is 0 Å².